The molecule has 1 heterocycles. The van der Waals surface area contributed by atoms with E-state index in [2.05, 4.69) is 11.7 Å². The Morgan fingerprint density at radius 2 is 1.91 bits per heavy atom. The van der Waals surface area contributed by atoms with E-state index in [1.165, 1.54) is 21.0 Å². The quantitative estimate of drug-likeness (QED) is 0.161. The molecule has 8 nitrogen and oxygen atoms in total. The molecule has 0 amide bonds. The van der Waals surface area contributed by atoms with Crippen molar-refractivity contribution in [2.45, 2.75) is 96.1 Å². The maximum absolute atomic E-state index is 13.0. The molecule has 1 aliphatic heterocycles. The monoisotopic (exact) mass is 498 g/mol. The van der Waals surface area contributed by atoms with Gasteiger partial charge in [0.15, 0.2) is 5.78 Å². The van der Waals surface area contributed by atoms with Crippen LogP contribution in [0.3, 0.4) is 0 Å². The van der Waals surface area contributed by atoms with Crippen LogP contribution >= 0.6 is 11.6 Å². The average molecular weight is 499 g/mol. The first kappa shape index (κ1) is 28.1. The van der Waals surface area contributed by atoms with Gasteiger partial charge in [0.05, 0.1) is 18.1 Å². The van der Waals surface area contributed by atoms with Crippen LogP contribution in [0.4, 0.5) is 0 Å². The maximum Gasteiger partial charge on any atom is 0.305 e. The van der Waals surface area contributed by atoms with Gasteiger partial charge in [-0.3, -0.25) is 19.2 Å². The molecule has 0 aromatic carbocycles. The van der Waals surface area contributed by atoms with Crippen molar-refractivity contribution in [2.24, 2.45) is 5.92 Å². The van der Waals surface area contributed by atoms with Gasteiger partial charge < -0.3 is 18.9 Å². The standard InChI is InChI=1S/C25H35ClO8/c1-5-6-7-8-9-10-14-25-15-18(26)22(30)21(25)24(33-17(3)28)23(34-25)19(32-16(2)27)12-11-13-20(29)31-4/h9-10,15,19,21,23-24H,5-8,11-14H2,1-4H3/b10-9-/t19?,21?,23-,24?,25?/m0/s1. The summed E-state index contributed by atoms with van der Waals surface area (Å²) in [4.78, 5) is 48.4. The number of carbonyl (C=O) groups is 4. The van der Waals surface area contributed by atoms with Crippen molar-refractivity contribution in [3.8, 4) is 0 Å². The molecule has 0 bridgehead atoms. The molecule has 0 aromatic rings. The highest BCUT2D eigenvalue weighted by atomic mass is 35.5. The average Bonchev–Trinajstić information content (AvgIpc) is 3.20. The summed E-state index contributed by atoms with van der Waals surface area (Å²) in [6, 6.07) is 0. The van der Waals surface area contributed by atoms with Gasteiger partial charge in [0, 0.05) is 20.3 Å². The Hall–Kier alpha value is -2.19. The van der Waals surface area contributed by atoms with E-state index in [1.807, 2.05) is 12.2 Å². The first-order valence-corrected chi connectivity index (χ1v) is 12.2. The number of hydrogen-bond donors (Lipinski definition) is 0. The fourth-order valence-corrected chi connectivity index (χ4v) is 4.89. The molecule has 1 aliphatic carbocycles. The van der Waals surface area contributed by atoms with Gasteiger partial charge in [-0.05, 0) is 38.2 Å². The minimum atomic E-state index is -1.11. The Balaban J connectivity index is 2.31. The van der Waals surface area contributed by atoms with Gasteiger partial charge in [0.1, 0.15) is 23.9 Å². The molecule has 2 aliphatic rings. The van der Waals surface area contributed by atoms with Crippen LogP contribution in [0.15, 0.2) is 23.3 Å². The summed E-state index contributed by atoms with van der Waals surface area (Å²) in [5, 5.41) is 0.0368. The Morgan fingerprint density at radius 3 is 2.53 bits per heavy atom. The summed E-state index contributed by atoms with van der Waals surface area (Å²) in [5.41, 5.74) is -1.11. The zero-order valence-corrected chi connectivity index (χ0v) is 21.1. The predicted octanol–water partition coefficient (Wildman–Crippen LogP) is 4.18. The van der Waals surface area contributed by atoms with Gasteiger partial charge in [-0.2, -0.15) is 0 Å². The van der Waals surface area contributed by atoms with Crippen LogP contribution in [-0.2, 0) is 38.1 Å². The van der Waals surface area contributed by atoms with E-state index >= 15 is 0 Å². The Labute approximate surface area is 206 Å². The van der Waals surface area contributed by atoms with E-state index in [-0.39, 0.29) is 23.7 Å². The number of Topliss-reactive ketones (excluding diaryl/α,β-unsaturated/α-hetero) is 1. The van der Waals surface area contributed by atoms with Crippen molar-refractivity contribution >= 4 is 35.3 Å². The van der Waals surface area contributed by atoms with Gasteiger partial charge in [0.2, 0.25) is 0 Å². The minimum absolute atomic E-state index is 0.0368. The highest BCUT2D eigenvalue weighted by Gasteiger charge is 2.63. The molecule has 1 saturated heterocycles. The Kier molecular flexibility index (Phi) is 10.8. The maximum atomic E-state index is 13.0. The van der Waals surface area contributed by atoms with Crippen LogP contribution in [0.25, 0.3) is 0 Å². The van der Waals surface area contributed by atoms with Crippen molar-refractivity contribution in [1.29, 1.82) is 0 Å². The lowest BCUT2D eigenvalue weighted by Gasteiger charge is -2.28. The number of fused-ring (bicyclic) bond motifs is 1. The third kappa shape index (κ3) is 7.15. The largest absolute Gasteiger partial charge is 0.469 e. The second kappa shape index (κ2) is 13.0. The molecule has 190 valence electrons. The first-order chi connectivity index (χ1) is 16.1. The number of carbonyl (C=O) groups excluding carboxylic acids is 4. The van der Waals surface area contributed by atoms with E-state index in [9.17, 15) is 19.2 Å². The fourth-order valence-electron chi connectivity index (χ4n) is 4.59. The van der Waals surface area contributed by atoms with Crippen LogP contribution in [0.5, 0.6) is 0 Å². The number of esters is 3. The van der Waals surface area contributed by atoms with Gasteiger partial charge in [-0.25, -0.2) is 0 Å². The number of hydrogen-bond acceptors (Lipinski definition) is 8. The van der Waals surface area contributed by atoms with Gasteiger partial charge in [-0.15, -0.1) is 0 Å². The third-order valence-electron chi connectivity index (χ3n) is 6.08. The molecular weight excluding hydrogens is 464 g/mol. The zero-order chi connectivity index (χ0) is 25.3. The van der Waals surface area contributed by atoms with Crippen molar-refractivity contribution in [3.05, 3.63) is 23.3 Å². The zero-order valence-electron chi connectivity index (χ0n) is 20.3. The fraction of sp³-hybridized carbons (Fsp3) is 0.680. The number of methoxy groups -OCH3 is 1. The number of allylic oxidation sites excluding steroid dienone is 2. The summed E-state index contributed by atoms with van der Waals surface area (Å²) in [6.45, 7) is 4.65. The van der Waals surface area contributed by atoms with Gasteiger partial charge in [0.25, 0.3) is 0 Å². The van der Waals surface area contributed by atoms with Crippen LogP contribution < -0.4 is 0 Å². The van der Waals surface area contributed by atoms with E-state index in [0.29, 0.717) is 12.8 Å². The Bertz CT molecular complexity index is 820. The molecule has 0 N–H and O–H groups in total. The van der Waals surface area contributed by atoms with Crippen LogP contribution in [0.1, 0.15) is 72.1 Å². The van der Waals surface area contributed by atoms with Gasteiger partial charge >= 0.3 is 17.9 Å². The lowest BCUT2D eigenvalue weighted by molar-refractivity contribution is -0.167. The number of halogens is 1. The highest BCUT2D eigenvalue weighted by Crippen LogP contribution is 2.50. The molecule has 0 spiro atoms. The number of rotatable bonds is 13. The van der Waals surface area contributed by atoms with E-state index in [0.717, 1.165) is 25.7 Å². The summed E-state index contributed by atoms with van der Waals surface area (Å²) < 4.78 is 22.2. The van der Waals surface area contributed by atoms with Crippen LogP contribution in [0, 0.1) is 5.92 Å². The molecule has 0 radical (unpaired) electrons. The lowest BCUT2D eigenvalue weighted by atomic mass is 9.83. The number of unbranched alkanes of at least 4 members (excludes halogenated alkanes) is 3. The smallest absolute Gasteiger partial charge is 0.305 e. The molecule has 1 fully saturated rings. The Morgan fingerprint density at radius 1 is 1.18 bits per heavy atom. The van der Waals surface area contributed by atoms with Crippen molar-refractivity contribution < 1.29 is 38.1 Å². The second-order valence-electron chi connectivity index (χ2n) is 8.73. The van der Waals surface area contributed by atoms with Crippen LogP contribution in [-0.4, -0.2) is 54.7 Å². The predicted molar refractivity (Wildman–Crippen MR) is 125 cm³/mol. The number of ether oxygens (including phenoxy) is 4. The van der Waals surface area contributed by atoms with Crippen molar-refractivity contribution in [3.63, 3.8) is 0 Å². The molecule has 9 heteroatoms. The van der Waals surface area contributed by atoms with E-state index in [4.69, 9.17) is 25.8 Å². The topological polar surface area (TPSA) is 105 Å². The van der Waals surface area contributed by atoms with Gasteiger partial charge in [-0.1, -0.05) is 43.5 Å². The third-order valence-corrected chi connectivity index (χ3v) is 6.38. The molecule has 34 heavy (non-hydrogen) atoms. The summed E-state index contributed by atoms with van der Waals surface area (Å²) in [6.07, 6.45) is 8.17. The van der Waals surface area contributed by atoms with Crippen molar-refractivity contribution in [2.75, 3.05) is 7.11 Å². The van der Waals surface area contributed by atoms with E-state index < -0.39 is 47.7 Å². The molecule has 0 aromatic heterocycles. The summed E-state index contributed by atoms with van der Waals surface area (Å²) in [7, 11) is 1.30. The molecule has 4 unspecified atom stereocenters. The van der Waals surface area contributed by atoms with Crippen molar-refractivity contribution in [1.82, 2.24) is 0 Å². The molecule has 0 saturated carbocycles. The molecule has 5 atom stereocenters. The summed E-state index contributed by atoms with van der Waals surface area (Å²) >= 11 is 6.21. The second-order valence-corrected chi connectivity index (χ2v) is 9.14. The highest BCUT2D eigenvalue weighted by molar-refractivity contribution is 6.44. The molecule has 2 rings (SSSR count). The van der Waals surface area contributed by atoms with Crippen LogP contribution in [0.2, 0.25) is 0 Å². The van der Waals surface area contributed by atoms with E-state index in [1.54, 1.807) is 6.08 Å². The lowest BCUT2D eigenvalue weighted by Crippen LogP contribution is -2.43. The summed E-state index contributed by atoms with van der Waals surface area (Å²) in [5.74, 6) is -2.75. The number of ketones is 1. The first-order valence-electron chi connectivity index (χ1n) is 11.8. The normalized spacial score (nSPS) is 26.8. The molecular formula is C25H35ClO8. The minimum Gasteiger partial charge on any atom is -0.469 e. The SMILES string of the molecule is CCCCC/C=C\CC12C=C(Cl)C(=O)C1C(OC(C)=O)[C@H](C(CCCC(=O)OC)OC(C)=O)O2.